The third kappa shape index (κ3) is 5.05. The Morgan fingerprint density at radius 1 is 1.17 bits per heavy atom. The van der Waals surface area contributed by atoms with Crippen LogP contribution in [0.5, 0.6) is 5.75 Å². The third-order valence-corrected chi connectivity index (χ3v) is 5.57. The van der Waals surface area contributed by atoms with Gasteiger partial charge in [0.25, 0.3) is 0 Å². The highest BCUT2D eigenvalue weighted by Gasteiger charge is 2.23. The molecule has 2 amide bonds. The van der Waals surface area contributed by atoms with Crippen molar-refractivity contribution in [1.29, 1.82) is 0 Å². The van der Waals surface area contributed by atoms with Crippen molar-refractivity contribution < 1.29 is 14.3 Å². The Balaban J connectivity index is 1.61. The predicted molar refractivity (Wildman–Crippen MR) is 115 cm³/mol. The number of benzene rings is 2. The average Bonchev–Trinajstić information content (AvgIpc) is 2.78. The highest BCUT2D eigenvalue weighted by Crippen LogP contribution is 2.28. The molecule has 0 radical (unpaired) electrons. The van der Waals surface area contributed by atoms with Crippen molar-refractivity contribution in [2.45, 2.75) is 31.6 Å². The zero-order chi connectivity index (χ0) is 20.8. The Morgan fingerprint density at radius 3 is 2.48 bits per heavy atom. The van der Waals surface area contributed by atoms with E-state index in [-0.39, 0.29) is 17.7 Å². The van der Waals surface area contributed by atoms with Crippen LogP contribution in [0.1, 0.15) is 42.7 Å². The molecule has 1 heterocycles. The van der Waals surface area contributed by atoms with E-state index in [0.29, 0.717) is 12.5 Å². The molecule has 29 heavy (non-hydrogen) atoms. The minimum atomic E-state index is -0.266. The summed E-state index contributed by atoms with van der Waals surface area (Å²) in [7, 11) is 1.62. The van der Waals surface area contributed by atoms with Gasteiger partial charge in [-0.25, -0.2) is 0 Å². The number of nitrogens with one attached hydrogen (secondary N) is 1. The van der Waals surface area contributed by atoms with Crippen LogP contribution < -0.4 is 10.1 Å². The van der Waals surface area contributed by atoms with Gasteiger partial charge in [0.15, 0.2) is 0 Å². The van der Waals surface area contributed by atoms with Gasteiger partial charge >= 0.3 is 0 Å². The number of hydrogen-bond acceptors (Lipinski definition) is 3. The van der Waals surface area contributed by atoms with Gasteiger partial charge < -0.3 is 15.0 Å². The maximum Gasteiger partial charge on any atom is 0.245 e. The second kappa shape index (κ2) is 9.41. The van der Waals surface area contributed by atoms with Crippen molar-refractivity contribution in [3.05, 3.63) is 72.3 Å². The maximum atomic E-state index is 12.6. The molecule has 152 valence electrons. The standard InChI is InChI=1S/C24H28N2O3/c1-4-23(27)26-15-5-6-20(16-26)19-7-11-21(12-8-19)25-24(28)17(2)18-9-13-22(29-3)14-10-18/h4,7-14,17,20H,1,5-6,15-16H2,2-3H3,(H,25,28). The van der Waals surface area contributed by atoms with Crippen molar-refractivity contribution in [2.24, 2.45) is 0 Å². The summed E-state index contributed by atoms with van der Waals surface area (Å²) in [5.74, 6) is 0.760. The summed E-state index contributed by atoms with van der Waals surface area (Å²) in [6.07, 6.45) is 3.42. The van der Waals surface area contributed by atoms with Gasteiger partial charge in [0.05, 0.1) is 13.0 Å². The summed E-state index contributed by atoms with van der Waals surface area (Å²) in [6.45, 7) is 6.97. The maximum absolute atomic E-state index is 12.6. The van der Waals surface area contributed by atoms with E-state index in [4.69, 9.17) is 4.74 Å². The van der Waals surface area contributed by atoms with E-state index in [9.17, 15) is 9.59 Å². The SMILES string of the molecule is C=CC(=O)N1CCCC(c2ccc(NC(=O)C(C)c3ccc(OC)cc3)cc2)C1. The number of rotatable bonds is 6. The Kier molecular flexibility index (Phi) is 6.70. The zero-order valence-corrected chi connectivity index (χ0v) is 17.1. The molecule has 1 N–H and O–H groups in total. The first-order chi connectivity index (χ1) is 14.0. The molecule has 0 aromatic heterocycles. The number of hydrogen-bond donors (Lipinski definition) is 1. The van der Waals surface area contributed by atoms with Crippen LogP contribution in [0.3, 0.4) is 0 Å². The molecule has 1 aliphatic rings. The molecule has 5 heteroatoms. The molecular weight excluding hydrogens is 364 g/mol. The van der Waals surface area contributed by atoms with E-state index in [1.165, 1.54) is 11.6 Å². The lowest BCUT2D eigenvalue weighted by molar-refractivity contribution is -0.127. The molecular formula is C24H28N2O3. The second-order valence-corrected chi connectivity index (χ2v) is 7.43. The fraction of sp³-hybridized carbons (Fsp3) is 0.333. The number of nitrogens with zero attached hydrogens (tertiary/aromatic N) is 1. The number of ether oxygens (including phenoxy) is 1. The molecule has 2 aromatic carbocycles. The molecule has 0 saturated carbocycles. The monoisotopic (exact) mass is 392 g/mol. The van der Waals surface area contributed by atoms with Crippen LogP contribution in [0.25, 0.3) is 0 Å². The highest BCUT2D eigenvalue weighted by atomic mass is 16.5. The summed E-state index contributed by atoms with van der Waals surface area (Å²) in [5.41, 5.74) is 2.90. The van der Waals surface area contributed by atoms with Gasteiger partial charge in [0, 0.05) is 24.7 Å². The smallest absolute Gasteiger partial charge is 0.245 e. The number of methoxy groups -OCH3 is 1. The lowest BCUT2D eigenvalue weighted by atomic mass is 9.90. The van der Waals surface area contributed by atoms with Crippen molar-refractivity contribution >= 4 is 17.5 Å². The number of carbonyl (C=O) groups is 2. The first-order valence-electron chi connectivity index (χ1n) is 9.98. The molecule has 3 rings (SSSR count). The largest absolute Gasteiger partial charge is 0.497 e. The van der Waals surface area contributed by atoms with Crippen LogP contribution in [0, 0.1) is 0 Å². The van der Waals surface area contributed by atoms with E-state index in [1.54, 1.807) is 7.11 Å². The van der Waals surface area contributed by atoms with Gasteiger partial charge in [-0.1, -0.05) is 30.8 Å². The molecule has 1 aliphatic heterocycles. The number of piperidine rings is 1. The molecule has 0 bridgehead atoms. The van der Waals surface area contributed by atoms with Gasteiger partial charge in [-0.3, -0.25) is 9.59 Å². The summed E-state index contributed by atoms with van der Waals surface area (Å²) >= 11 is 0. The fourth-order valence-corrected chi connectivity index (χ4v) is 3.71. The van der Waals surface area contributed by atoms with Crippen LogP contribution in [0.15, 0.2) is 61.2 Å². The Hall–Kier alpha value is -3.08. The van der Waals surface area contributed by atoms with Gasteiger partial charge in [-0.2, -0.15) is 0 Å². The van der Waals surface area contributed by atoms with E-state index in [1.807, 2.05) is 60.4 Å². The van der Waals surface area contributed by atoms with Crippen LogP contribution in [-0.2, 0) is 9.59 Å². The molecule has 0 spiro atoms. The summed E-state index contributed by atoms with van der Waals surface area (Å²) in [6, 6.07) is 15.5. The number of likely N-dealkylation sites (tertiary alicyclic amines) is 1. The molecule has 2 atom stereocenters. The van der Waals surface area contributed by atoms with E-state index in [2.05, 4.69) is 11.9 Å². The Labute approximate surface area is 172 Å². The van der Waals surface area contributed by atoms with Crippen LogP contribution in [0.2, 0.25) is 0 Å². The topological polar surface area (TPSA) is 58.6 Å². The van der Waals surface area contributed by atoms with Gasteiger partial charge in [-0.15, -0.1) is 0 Å². The van der Waals surface area contributed by atoms with Crippen LogP contribution in [-0.4, -0.2) is 36.9 Å². The molecule has 1 saturated heterocycles. The molecule has 0 aliphatic carbocycles. The first kappa shape index (κ1) is 20.6. The van der Waals surface area contributed by atoms with Crippen molar-refractivity contribution in [3.8, 4) is 5.75 Å². The van der Waals surface area contributed by atoms with Gasteiger partial charge in [0.2, 0.25) is 11.8 Å². The summed E-state index contributed by atoms with van der Waals surface area (Å²) in [5, 5.41) is 2.99. The van der Waals surface area contributed by atoms with Crippen molar-refractivity contribution in [1.82, 2.24) is 4.90 Å². The number of carbonyl (C=O) groups excluding carboxylic acids is 2. The number of anilines is 1. The fourth-order valence-electron chi connectivity index (χ4n) is 3.71. The normalized spacial score (nSPS) is 17.3. The first-order valence-corrected chi connectivity index (χ1v) is 9.98. The second-order valence-electron chi connectivity index (χ2n) is 7.43. The quantitative estimate of drug-likeness (QED) is 0.745. The summed E-state index contributed by atoms with van der Waals surface area (Å²) < 4.78 is 5.17. The van der Waals surface area contributed by atoms with Gasteiger partial charge in [-0.05, 0) is 61.2 Å². The van der Waals surface area contributed by atoms with E-state index >= 15 is 0 Å². The molecule has 2 unspecified atom stereocenters. The lowest BCUT2D eigenvalue weighted by Crippen LogP contribution is -2.38. The highest BCUT2D eigenvalue weighted by molar-refractivity contribution is 5.95. The predicted octanol–water partition coefficient (Wildman–Crippen LogP) is 4.33. The minimum Gasteiger partial charge on any atom is -0.497 e. The molecule has 2 aromatic rings. The van der Waals surface area contributed by atoms with Crippen LogP contribution >= 0.6 is 0 Å². The average molecular weight is 392 g/mol. The third-order valence-electron chi connectivity index (χ3n) is 5.57. The Bertz CT molecular complexity index is 859. The lowest BCUT2D eigenvalue weighted by Gasteiger charge is -2.32. The number of amides is 2. The van der Waals surface area contributed by atoms with Gasteiger partial charge in [0.1, 0.15) is 5.75 Å². The Morgan fingerprint density at radius 2 is 1.86 bits per heavy atom. The molecule has 5 nitrogen and oxygen atoms in total. The zero-order valence-electron chi connectivity index (χ0n) is 17.1. The van der Waals surface area contributed by atoms with Crippen molar-refractivity contribution in [3.63, 3.8) is 0 Å². The van der Waals surface area contributed by atoms with Crippen LogP contribution in [0.4, 0.5) is 5.69 Å². The minimum absolute atomic E-state index is 0.00824. The summed E-state index contributed by atoms with van der Waals surface area (Å²) in [4.78, 5) is 26.4. The van der Waals surface area contributed by atoms with E-state index in [0.717, 1.165) is 36.4 Å². The van der Waals surface area contributed by atoms with E-state index < -0.39 is 0 Å². The molecule has 1 fully saturated rings. The van der Waals surface area contributed by atoms with Crippen molar-refractivity contribution in [2.75, 3.05) is 25.5 Å².